The first-order valence-electron chi connectivity index (χ1n) is 6.95. The Bertz CT molecular complexity index is 806. The Morgan fingerprint density at radius 3 is 2.45 bits per heavy atom. The van der Waals surface area contributed by atoms with Crippen LogP contribution < -0.4 is 4.74 Å². The lowest BCUT2D eigenvalue weighted by Crippen LogP contribution is -1.90. The summed E-state index contributed by atoms with van der Waals surface area (Å²) in [6.07, 6.45) is 0. The fourth-order valence-electron chi connectivity index (χ4n) is 2.16. The van der Waals surface area contributed by atoms with Crippen molar-refractivity contribution in [1.29, 1.82) is 0 Å². The fourth-order valence-corrected chi connectivity index (χ4v) is 2.16. The van der Waals surface area contributed by atoms with Crippen molar-refractivity contribution in [2.24, 2.45) is 0 Å². The molecular formula is C18H15NO3. The van der Waals surface area contributed by atoms with E-state index in [-0.39, 0.29) is 5.78 Å². The van der Waals surface area contributed by atoms with Gasteiger partial charge in [0.05, 0.1) is 5.69 Å². The first-order valence-corrected chi connectivity index (χ1v) is 6.95. The third-order valence-electron chi connectivity index (χ3n) is 3.18. The zero-order valence-corrected chi connectivity index (χ0v) is 12.4. The van der Waals surface area contributed by atoms with Gasteiger partial charge in [-0.05, 0) is 37.3 Å². The van der Waals surface area contributed by atoms with Crippen LogP contribution in [0.25, 0.3) is 11.5 Å². The lowest BCUT2D eigenvalue weighted by molar-refractivity contribution is 0.0987. The van der Waals surface area contributed by atoms with Crippen molar-refractivity contribution in [3.05, 3.63) is 66.1 Å². The number of hydrogen-bond acceptors (Lipinski definition) is 4. The Morgan fingerprint density at radius 2 is 1.77 bits per heavy atom. The molecule has 1 aromatic heterocycles. The van der Waals surface area contributed by atoms with Crippen molar-refractivity contribution >= 4 is 5.78 Å². The van der Waals surface area contributed by atoms with E-state index in [1.54, 1.807) is 6.92 Å². The van der Waals surface area contributed by atoms with E-state index in [0.717, 1.165) is 11.3 Å². The Balaban J connectivity index is 1.91. The van der Waals surface area contributed by atoms with Gasteiger partial charge >= 0.3 is 0 Å². The summed E-state index contributed by atoms with van der Waals surface area (Å²) in [4.78, 5) is 15.8. The van der Waals surface area contributed by atoms with Gasteiger partial charge in [0.2, 0.25) is 5.89 Å². The molecular weight excluding hydrogens is 278 g/mol. The number of oxazole rings is 1. The summed E-state index contributed by atoms with van der Waals surface area (Å²) < 4.78 is 11.3. The largest absolute Gasteiger partial charge is 0.457 e. The van der Waals surface area contributed by atoms with Gasteiger partial charge in [-0.15, -0.1) is 0 Å². The minimum atomic E-state index is -0.132. The Kier molecular flexibility index (Phi) is 3.74. The molecule has 0 atom stereocenters. The lowest BCUT2D eigenvalue weighted by atomic mass is 10.2. The molecule has 0 aliphatic heterocycles. The second-order valence-corrected chi connectivity index (χ2v) is 4.93. The van der Waals surface area contributed by atoms with Gasteiger partial charge in [0.15, 0.2) is 11.5 Å². The second kappa shape index (κ2) is 5.85. The minimum Gasteiger partial charge on any atom is -0.457 e. The number of aryl methyl sites for hydroxylation is 1. The minimum absolute atomic E-state index is 0.132. The summed E-state index contributed by atoms with van der Waals surface area (Å²) in [5.74, 6) is 2.02. The van der Waals surface area contributed by atoms with Gasteiger partial charge in [-0.25, -0.2) is 4.98 Å². The number of carbonyl (C=O) groups is 1. The monoisotopic (exact) mass is 293 g/mol. The Labute approximate surface area is 128 Å². The van der Waals surface area contributed by atoms with Crippen molar-refractivity contribution in [3.8, 4) is 23.0 Å². The van der Waals surface area contributed by atoms with Crippen LogP contribution in [-0.2, 0) is 0 Å². The SMILES string of the molecule is CC(=O)c1oc(-c2cccc(Oc3ccccc3)c2)nc1C. The summed E-state index contributed by atoms with van der Waals surface area (Å²) >= 11 is 0. The zero-order chi connectivity index (χ0) is 15.5. The van der Waals surface area contributed by atoms with Crippen molar-refractivity contribution in [2.75, 3.05) is 0 Å². The number of ether oxygens (including phenoxy) is 1. The molecule has 0 fully saturated rings. The van der Waals surface area contributed by atoms with Gasteiger partial charge < -0.3 is 9.15 Å². The lowest BCUT2D eigenvalue weighted by Gasteiger charge is -2.06. The maximum absolute atomic E-state index is 11.5. The highest BCUT2D eigenvalue weighted by molar-refractivity contribution is 5.92. The maximum atomic E-state index is 11.5. The average Bonchev–Trinajstić information content (AvgIpc) is 2.91. The van der Waals surface area contributed by atoms with E-state index < -0.39 is 0 Å². The van der Waals surface area contributed by atoms with Gasteiger partial charge in [-0.3, -0.25) is 4.79 Å². The van der Waals surface area contributed by atoms with Gasteiger partial charge in [0.25, 0.3) is 0 Å². The molecule has 0 saturated heterocycles. The molecule has 110 valence electrons. The number of ketones is 1. The predicted octanol–water partition coefficient (Wildman–Crippen LogP) is 4.64. The van der Waals surface area contributed by atoms with Crippen molar-refractivity contribution in [3.63, 3.8) is 0 Å². The van der Waals surface area contributed by atoms with Gasteiger partial charge in [0, 0.05) is 12.5 Å². The topological polar surface area (TPSA) is 52.3 Å². The number of rotatable bonds is 4. The summed E-state index contributed by atoms with van der Waals surface area (Å²) in [5.41, 5.74) is 1.36. The second-order valence-electron chi connectivity index (χ2n) is 4.93. The van der Waals surface area contributed by atoms with Crippen molar-refractivity contribution in [1.82, 2.24) is 4.98 Å². The molecule has 0 N–H and O–H groups in total. The molecule has 3 rings (SSSR count). The number of para-hydroxylation sites is 1. The van der Waals surface area contributed by atoms with Crippen LogP contribution in [0.1, 0.15) is 23.2 Å². The standard InChI is InChI=1S/C18H15NO3/c1-12-17(13(2)20)22-18(19-12)14-7-6-10-16(11-14)21-15-8-4-3-5-9-15/h3-11H,1-2H3. The molecule has 1 heterocycles. The molecule has 4 heteroatoms. The number of hydrogen-bond donors (Lipinski definition) is 0. The van der Waals surface area contributed by atoms with Crippen LogP contribution in [0.3, 0.4) is 0 Å². The first kappa shape index (κ1) is 14.1. The van der Waals surface area contributed by atoms with Crippen molar-refractivity contribution in [2.45, 2.75) is 13.8 Å². The molecule has 4 nitrogen and oxygen atoms in total. The quantitative estimate of drug-likeness (QED) is 0.657. The fraction of sp³-hybridized carbons (Fsp3) is 0.111. The molecule has 0 amide bonds. The van der Waals surface area contributed by atoms with E-state index in [1.165, 1.54) is 6.92 Å². The summed E-state index contributed by atoms with van der Waals surface area (Å²) in [5, 5.41) is 0. The molecule has 0 saturated carbocycles. The third-order valence-corrected chi connectivity index (χ3v) is 3.18. The molecule has 0 aliphatic carbocycles. The number of carbonyl (C=O) groups excluding carboxylic acids is 1. The maximum Gasteiger partial charge on any atom is 0.227 e. The smallest absolute Gasteiger partial charge is 0.227 e. The molecule has 2 aromatic carbocycles. The summed E-state index contributed by atoms with van der Waals surface area (Å²) in [6.45, 7) is 3.22. The molecule has 0 radical (unpaired) electrons. The van der Waals surface area contributed by atoms with E-state index in [9.17, 15) is 4.79 Å². The van der Waals surface area contributed by atoms with Crippen LogP contribution in [0.5, 0.6) is 11.5 Å². The molecule has 0 bridgehead atoms. The Morgan fingerprint density at radius 1 is 1.05 bits per heavy atom. The molecule has 3 aromatic rings. The number of Topliss-reactive ketones (excluding diaryl/α,β-unsaturated/α-hetero) is 1. The van der Waals surface area contributed by atoms with Gasteiger partial charge in [0.1, 0.15) is 11.5 Å². The molecule has 0 unspecified atom stereocenters. The van der Waals surface area contributed by atoms with E-state index in [2.05, 4.69) is 4.98 Å². The van der Waals surface area contributed by atoms with E-state index in [4.69, 9.17) is 9.15 Å². The van der Waals surface area contributed by atoms with E-state index >= 15 is 0 Å². The normalized spacial score (nSPS) is 10.5. The number of benzene rings is 2. The predicted molar refractivity (Wildman–Crippen MR) is 83.2 cm³/mol. The summed E-state index contributed by atoms with van der Waals surface area (Å²) in [7, 11) is 0. The highest BCUT2D eigenvalue weighted by Crippen LogP contribution is 2.28. The van der Waals surface area contributed by atoms with E-state index in [0.29, 0.717) is 23.1 Å². The van der Waals surface area contributed by atoms with Crippen LogP contribution >= 0.6 is 0 Å². The third kappa shape index (κ3) is 2.91. The zero-order valence-electron chi connectivity index (χ0n) is 12.4. The van der Waals surface area contributed by atoms with Crippen LogP contribution in [0.4, 0.5) is 0 Å². The number of aromatic nitrogens is 1. The summed E-state index contributed by atoms with van der Waals surface area (Å²) in [6, 6.07) is 17.0. The molecule has 22 heavy (non-hydrogen) atoms. The van der Waals surface area contributed by atoms with Crippen molar-refractivity contribution < 1.29 is 13.9 Å². The van der Waals surface area contributed by atoms with Crippen LogP contribution in [-0.4, -0.2) is 10.8 Å². The van der Waals surface area contributed by atoms with Gasteiger partial charge in [-0.2, -0.15) is 0 Å². The van der Waals surface area contributed by atoms with Crippen LogP contribution in [0.2, 0.25) is 0 Å². The first-order chi connectivity index (χ1) is 10.6. The van der Waals surface area contributed by atoms with Gasteiger partial charge in [-0.1, -0.05) is 24.3 Å². The van der Waals surface area contributed by atoms with Crippen LogP contribution in [0, 0.1) is 6.92 Å². The molecule has 0 spiro atoms. The Hall–Kier alpha value is -2.88. The highest BCUT2D eigenvalue weighted by atomic mass is 16.5. The molecule has 0 aliphatic rings. The number of nitrogens with zero attached hydrogens (tertiary/aromatic N) is 1. The van der Waals surface area contributed by atoms with E-state index in [1.807, 2.05) is 54.6 Å². The van der Waals surface area contributed by atoms with Crippen LogP contribution in [0.15, 0.2) is 59.0 Å². The average molecular weight is 293 g/mol. The highest BCUT2D eigenvalue weighted by Gasteiger charge is 2.15.